The van der Waals surface area contributed by atoms with E-state index in [4.69, 9.17) is 4.42 Å². The molecule has 3 aromatic rings. The van der Waals surface area contributed by atoms with E-state index in [9.17, 15) is 18.0 Å². The van der Waals surface area contributed by atoms with Crippen molar-refractivity contribution >= 4 is 11.7 Å². The van der Waals surface area contributed by atoms with Gasteiger partial charge in [-0.25, -0.2) is 4.68 Å². The Kier molecular flexibility index (Phi) is 4.81. The number of aryl methyl sites for hydroxylation is 1. The number of halogens is 3. The Hall–Kier alpha value is -3.24. The molecule has 8 nitrogen and oxygen atoms in total. The molecule has 2 N–H and O–H groups in total. The molecule has 4 rings (SSSR count). The molecule has 2 atom stereocenters. The number of aromatic nitrogens is 4. The molecular weight excluding hydrogens is 389 g/mol. The number of furan rings is 1. The molecule has 1 aliphatic rings. The highest BCUT2D eigenvalue weighted by molar-refractivity contribution is 5.93. The van der Waals surface area contributed by atoms with E-state index in [-0.39, 0.29) is 24.5 Å². The maximum Gasteiger partial charge on any atom is 0.410 e. The first-order valence-corrected chi connectivity index (χ1v) is 9.11. The zero-order valence-corrected chi connectivity index (χ0v) is 15.5. The quantitative estimate of drug-likeness (QED) is 0.676. The van der Waals surface area contributed by atoms with Crippen molar-refractivity contribution in [1.29, 1.82) is 0 Å². The van der Waals surface area contributed by atoms with Crippen LogP contribution in [0.15, 0.2) is 41.3 Å². The summed E-state index contributed by atoms with van der Waals surface area (Å²) in [6, 6.07) is 2.01. The molecule has 0 bridgehead atoms. The number of carbonyl (C=O) groups excluding carboxylic acids is 1. The first-order chi connectivity index (χ1) is 13.8. The SMILES string of the molecule is CCn1cc(CNC(=O)c2cc3n(n2)[C@H](C(F)(F)F)C[C@@H](c2ccco2)N3)cn1. The van der Waals surface area contributed by atoms with Crippen molar-refractivity contribution in [2.45, 2.75) is 44.7 Å². The summed E-state index contributed by atoms with van der Waals surface area (Å²) in [7, 11) is 0. The Balaban J connectivity index is 1.54. The lowest BCUT2D eigenvalue weighted by Crippen LogP contribution is -2.35. The number of nitrogens with one attached hydrogen (secondary N) is 2. The summed E-state index contributed by atoms with van der Waals surface area (Å²) in [4.78, 5) is 12.4. The summed E-state index contributed by atoms with van der Waals surface area (Å²) in [5.74, 6) is -0.0528. The molecule has 0 saturated carbocycles. The largest absolute Gasteiger partial charge is 0.467 e. The van der Waals surface area contributed by atoms with E-state index >= 15 is 0 Å². The number of hydrogen-bond acceptors (Lipinski definition) is 5. The zero-order chi connectivity index (χ0) is 20.6. The van der Waals surface area contributed by atoms with Crippen molar-refractivity contribution in [3.05, 3.63) is 53.9 Å². The minimum Gasteiger partial charge on any atom is -0.467 e. The molecule has 0 aliphatic carbocycles. The van der Waals surface area contributed by atoms with E-state index in [0.29, 0.717) is 12.3 Å². The highest BCUT2D eigenvalue weighted by Gasteiger charge is 2.47. The summed E-state index contributed by atoms with van der Waals surface area (Å²) >= 11 is 0. The highest BCUT2D eigenvalue weighted by atomic mass is 19.4. The molecule has 0 saturated heterocycles. The summed E-state index contributed by atoms with van der Waals surface area (Å²) < 4.78 is 48.7. The van der Waals surface area contributed by atoms with E-state index in [0.717, 1.165) is 10.2 Å². The van der Waals surface area contributed by atoms with Gasteiger partial charge in [0, 0.05) is 37.3 Å². The fourth-order valence-electron chi connectivity index (χ4n) is 3.30. The lowest BCUT2D eigenvalue weighted by Gasteiger charge is -2.32. The molecule has 0 fully saturated rings. The lowest BCUT2D eigenvalue weighted by atomic mass is 10.0. The van der Waals surface area contributed by atoms with Crippen molar-refractivity contribution in [2.75, 3.05) is 5.32 Å². The molecule has 3 aromatic heterocycles. The van der Waals surface area contributed by atoms with Crippen LogP contribution in [0.25, 0.3) is 0 Å². The van der Waals surface area contributed by atoms with Crippen LogP contribution in [0.3, 0.4) is 0 Å². The monoisotopic (exact) mass is 408 g/mol. The molecule has 0 unspecified atom stereocenters. The van der Waals surface area contributed by atoms with Gasteiger partial charge in [-0.1, -0.05) is 0 Å². The fraction of sp³-hybridized carbons (Fsp3) is 0.389. The van der Waals surface area contributed by atoms with Gasteiger partial charge >= 0.3 is 6.18 Å². The Morgan fingerprint density at radius 1 is 1.45 bits per heavy atom. The third-order valence-corrected chi connectivity index (χ3v) is 4.77. The van der Waals surface area contributed by atoms with Crippen LogP contribution < -0.4 is 10.6 Å². The Labute approximate surface area is 163 Å². The molecule has 29 heavy (non-hydrogen) atoms. The summed E-state index contributed by atoms with van der Waals surface area (Å²) in [6.45, 7) is 2.83. The molecule has 0 aromatic carbocycles. The van der Waals surface area contributed by atoms with Crippen LogP contribution in [-0.2, 0) is 13.1 Å². The van der Waals surface area contributed by atoms with E-state index < -0.39 is 24.2 Å². The van der Waals surface area contributed by atoms with Crippen LogP contribution in [0.5, 0.6) is 0 Å². The van der Waals surface area contributed by atoms with Gasteiger partial charge in [0.1, 0.15) is 11.6 Å². The molecule has 154 valence electrons. The van der Waals surface area contributed by atoms with E-state index in [1.807, 2.05) is 6.92 Å². The lowest BCUT2D eigenvalue weighted by molar-refractivity contribution is -0.174. The van der Waals surface area contributed by atoms with Gasteiger partial charge in [0.05, 0.1) is 18.5 Å². The second-order valence-corrected chi connectivity index (χ2v) is 6.75. The van der Waals surface area contributed by atoms with Crippen LogP contribution in [0, 0.1) is 0 Å². The van der Waals surface area contributed by atoms with Crippen LogP contribution >= 0.6 is 0 Å². The van der Waals surface area contributed by atoms with Crippen molar-refractivity contribution in [1.82, 2.24) is 24.9 Å². The van der Waals surface area contributed by atoms with Crippen LogP contribution in [0.4, 0.5) is 19.0 Å². The van der Waals surface area contributed by atoms with Gasteiger partial charge < -0.3 is 15.1 Å². The standard InChI is InChI=1S/C18H19F3N6O2/c1-2-26-10-11(9-23-26)8-22-17(28)13-7-16-24-12(14-4-3-5-29-14)6-15(18(19,20)21)27(16)25-13/h3-5,7,9-10,12,15,24H,2,6,8H2,1H3,(H,22,28)/t12-,15-/m0/s1. The second kappa shape index (κ2) is 7.30. The molecule has 11 heteroatoms. The Morgan fingerprint density at radius 3 is 2.93 bits per heavy atom. The first kappa shape index (κ1) is 19.1. The zero-order valence-electron chi connectivity index (χ0n) is 15.5. The van der Waals surface area contributed by atoms with Gasteiger partial charge in [-0.2, -0.15) is 23.4 Å². The number of amides is 1. The summed E-state index contributed by atoms with van der Waals surface area (Å²) in [5.41, 5.74) is 0.693. The predicted molar refractivity (Wildman–Crippen MR) is 96.1 cm³/mol. The van der Waals surface area contributed by atoms with Crippen LogP contribution in [0.1, 0.15) is 47.2 Å². The Bertz CT molecular complexity index is 992. The molecule has 1 aliphatic heterocycles. The van der Waals surface area contributed by atoms with Gasteiger partial charge in [0.2, 0.25) is 0 Å². The van der Waals surface area contributed by atoms with Gasteiger partial charge in [-0.3, -0.25) is 9.48 Å². The van der Waals surface area contributed by atoms with Crippen molar-refractivity contribution in [2.24, 2.45) is 0 Å². The fourth-order valence-corrected chi connectivity index (χ4v) is 3.30. The minimum atomic E-state index is -4.52. The molecular formula is C18H19F3N6O2. The third kappa shape index (κ3) is 3.84. The number of rotatable bonds is 5. The maximum absolute atomic E-state index is 13.6. The number of nitrogens with zero attached hydrogens (tertiary/aromatic N) is 4. The average Bonchev–Trinajstić information content (AvgIpc) is 3.44. The number of carbonyl (C=O) groups is 1. The number of anilines is 1. The highest BCUT2D eigenvalue weighted by Crippen LogP contribution is 2.43. The summed E-state index contributed by atoms with van der Waals surface area (Å²) in [6.07, 6.45) is 0.00899. The minimum absolute atomic E-state index is 0.0928. The van der Waals surface area contributed by atoms with E-state index in [1.165, 1.54) is 12.3 Å². The molecule has 1 amide bonds. The maximum atomic E-state index is 13.6. The van der Waals surface area contributed by atoms with Gasteiger partial charge in [-0.05, 0) is 19.1 Å². The normalized spacial score (nSPS) is 18.9. The van der Waals surface area contributed by atoms with E-state index in [1.54, 1.807) is 29.2 Å². The average molecular weight is 408 g/mol. The van der Waals surface area contributed by atoms with Crippen molar-refractivity contribution in [3.8, 4) is 0 Å². The Morgan fingerprint density at radius 2 is 2.28 bits per heavy atom. The van der Waals surface area contributed by atoms with Crippen LogP contribution in [-0.4, -0.2) is 31.6 Å². The van der Waals surface area contributed by atoms with Crippen molar-refractivity contribution in [3.63, 3.8) is 0 Å². The molecule has 4 heterocycles. The van der Waals surface area contributed by atoms with Crippen LogP contribution in [0.2, 0.25) is 0 Å². The number of fused-ring (bicyclic) bond motifs is 1. The van der Waals surface area contributed by atoms with E-state index in [2.05, 4.69) is 20.8 Å². The number of hydrogen-bond donors (Lipinski definition) is 2. The smallest absolute Gasteiger partial charge is 0.410 e. The molecule has 0 radical (unpaired) electrons. The predicted octanol–water partition coefficient (Wildman–Crippen LogP) is 3.28. The van der Waals surface area contributed by atoms with Gasteiger partial charge in [-0.15, -0.1) is 0 Å². The summed E-state index contributed by atoms with van der Waals surface area (Å²) in [5, 5.41) is 13.7. The second-order valence-electron chi connectivity index (χ2n) is 6.75. The van der Waals surface area contributed by atoms with Gasteiger partial charge in [0.25, 0.3) is 5.91 Å². The first-order valence-electron chi connectivity index (χ1n) is 9.11. The van der Waals surface area contributed by atoms with Gasteiger partial charge in [0.15, 0.2) is 11.7 Å². The third-order valence-electron chi connectivity index (χ3n) is 4.77. The molecule has 0 spiro atoms. The van der Waals surface area contributed by atoms with Crippen molar-refractivity contribution < 1.29 is 22.4 Å². The topological polar surface area (TPSA) is 89.9 Å². The number of alkyl halides is 3.